The standard InChI is InChI=1S/C14H13Cl2NOS/c1-9(11-6-5-10(15)8-12(11)16)17(2)14(18)13-4-3-7-19-13/h3-9H,1-2H3. The van der Waals surface area contributed by atoms with E-state index in [1.54, 1.807) is 24.1 Å². The Balaban J connectivity index is 2.23. The second-order valence-corrected chi connectivity index (χ2v) is 6.03. The Morgan fingerprint density at radius 1 is 1.32 bits per heavy atom. The van der Waals surface area contributed by atoms with Crippen molar-refractivity contribution in [3.05, 3.63) is 56.2 Å². The van der Waals surface area contributed by atoms with Crippen LogP contribution in [0.5, 0.6) is 0 Å². The summed E-state index contributed by atoms with van der Waals surface area (Å²) in [5.74, 6) is -0.00600. The molecule has 1 aromatic carbocycles. The van der Waals surface area contributed by atoms with Crippen molar-refractivity contribution >= 4 is 40.4 Å². The molecule has 0 fully saturated rings. The van der Waals surface area contributed by atoms with Gasteiger partial charge in [-0.05, 0) is 36.1 Å². The summed E-state index contributed by atoms with van der Waals surface area (Å²) in [7, 11) is 1.78. The number of thiophene rings is 1. The van der Waals surface area contributed by atoms with Crippen LogP contribution in [0.25, 0.3) is 0 Å². The Morgan fingerprint density at radius 2 is 2.05 bits per heavy atom. The summed E-state index contributed by atoms with van der Waals surface area (Å²) in [6, 6.07) is 8.90. The molecule has 0 spiro atoms. The number of hydrogen-bond acceptors (Lipinski definition) is 2. The van der Waals surface area contributed by atoms with Gasteiger partial charge in [-0.25, -0.2) is 0 Å². The number of carbonyl (C=O) groups is 1. The third-order valence-electron chi connectivity index (χ3n) is 3.05. The maximum atomic E-state index is 12.3. The molecule has 100 valence electrons. The Labute approximate surface area is 126 Å². The highest BCUT2D eigenvalue weighted by atomic mass is 35.5. The van der Waals surface area contributed by atoms with Crippen LogP contribution in [0.4, 0.5) is 0 Å². The minimum Gasteiger partial charge on any atom is -0.334 e. The fraction of sp³-hybridized carbons (Fsp3) is 0.214. The predicted molar refractivity (Wildman–Crippen MR) is 81.3 cm³/mol. The quantitative estimate of drug-likeness (QED) is 0.790. The summed E-state index contributed by atoms with van der Waals surface area (Å²) in [4.78, 5) is 14.7. The van der Waals surface area contributed by atoms with E-state index in [4.69, 9.17) is 23.2 Å². The molecule has 1 aromatic heterocycles. The molecule has 1 heterocycles. The highest BCUT2D eigenvalue weighted by Gasteiger charge is 2.21. The maximum Gasteiger partial charge on any atom is 0.264 e. The molecule has 0 saturated carbocycles. The molecule has 2 nitrogen and oxygen atoms in total. The minimum atomic E-state index is -0.112. The lowest BCUT2D eigenvalue weighted by molar-refractivity contribution is 0.0747. The first-order valence-corrected chi connectivity index (χ1v) is 7.40. The van der Waals surface area contributed by atoms with Crippen molar-refractivity contribution < 1.29 is 4.79 Å². The fourth-order valence-corrected chi connectivity index (χ4v) is 3.07. The van der Waals surface area contributed by atoms with E-state index in [9.17, 15) is 4.79 Å². The molecule has 0 radical (unpaired) electrons. The monoisotopic (exact) mass is 313 g/mol. The number of nitrogens with zero attached hydrogens (tertiary/aromatic N) is 1. The van der Waals surface area contributed by atoms with Gasteiger partial charge in [0, 0.05) is 17.1 Å². The Hall–Kier alpha value is -1.03. The van der Waals surface area contributed by atoms with Crippen molar-refractivity contribution in [1.82, 2.24) is 4.90 Å². The van der Waals surface area contributed by atoms with Crippen molar-refractivity contribution in [3.8, 4) is 0 Å². The normalized spacial score (nSPS) is 12.2. The number of rotatable bonds is 3. The van der Waals surface area contributed by atoms with Crippen LogP contribution in [-0.2, 0) is 0 Å². The van der Waals surface area contributed by atoms with Crippen molar-refractivity contribution in [2.24, 2.45) is 0 Å². The van der Waals surface area contributed by atoms with Crippen molar-refractivity contribution in [2.45, 2.75) is 13.0 Å². The van der Waals surface area contributed by atoms with Crippen molar-refractivity contribution in [3.63, 3.8) is 0 Å². The predicted octanol–water partition coefficient (Wildman–Crippen LogP) is 4.89. The van der Waals surface area contributed by atoms with Crippen LogP contribution in [0, 0.1) is 0 Å². The van der Waals surface area contributed by atoms with Gasteiger partial charge in [-0.15, -0.1) is 11.3 Å². The van der Waals surface area contributed by atoms with E-state index in [1.807, 2.05) is 30.5 Å². The second kappa shape index (κ2) is 5.95. The van der Waals surface area contributed by atoms with Gasteiger partial charge in [-0.1, -0.05) is 35.3 Å². The summed E-state index contributed by atoms with van der Waals surface area (Å²) < 4.78 is 0. The Morgan fingerprint density at radius 3 is 2.63 bits per heavy atom. The summed E-state index contributed by atoms with van der Waals surface area (Å²) in [5.41, 5.74) is 0.887. The van der Waals surface area contributed by atoms with Gasteiger partial charge in [0.15, 0.2) is 0 Å². The summed E-state index contributed by atoms with van der Waals surface area (Å²) in [6.07, 6.45) is 0. The number of amides is 1. The van der Waals surface area contributed by atoms with Crippen LogP contribution >= 0.6 is 34.5 Å². The Bertz CT molecular complexity index is 583. The van der Waals surface area contributed by atoms with Crippen LogP contribution in [0.15, 0.2) is 35.7 Å². The fourth-order valence-electron chi connectivity index (χ4n) is 1.80. The molecular formula is C14H13Cl2NOS. The van der Waals surface area contributed by atoms with E-state index in [0.29, 0.717) is 10.0 Å². The lowest BCUT2D eigenvalue weighted by Gasteiger charge is -2.25. The van der Waals surface area contributed by atoms with Crippen LogP contribution < -0.4 is 0 Å². The van der Waals surface area contributed by atoms with Gasteiger partial charge < -0.3 is 4.90 Å². The Kier molecular flexibility index (Phi) is 4.50. The van der Waals surface area contributed by atoms with Crippen molar-refractivity contribution in [2.75, 3.05) is 7.05 Å². The van der Waals surface area contributed by atoms with Gasteiger partial charge in [-0.2, -0.15) is 0 Å². The molecule has 0 aliphatic heterocycles. The molecule has 1 unspecified atom stereocenters. The summed E-state index contributed by atoms with van der Waals surface area (Å²) in [5, 5.41) is 3.06. The third-order valence-corrected chi connectivity index (χ3v) is 4.47. The van der Waals surface area contributed by atoms with Gasteiger partial charge in [0.2, 0.25) is 0 Å². The zero-order valence-corrected chi connectivity index (χ0v) is 12.9. The van der Waals surface area contributed by atoms with Gasteiger partial charge in [0.25, 0.3) is 5.91 Å². The molecule has 0 aliphatic rings. The molecule has 5 heteroatoms. The van der Waals surface area contributed by atoms with E-state index in [1.165, 1.54) is 11.3 Å². The zero-order chi connectivity index (χ0) is 14.0. The molecule has 19 heavy (non-hydrogen) atoms. The second-order valence-electron chi connectivity index (χ2n) is 4.24. The highest BCUT2D eigenvalue weighted by molar-refractivity contribution is 7.12. The molecule has 2 aromatic rings. The number of hydrogen-bond donors (Lipinski definition) is 0. The highest BCUT2D eigenvalue weighted by Crippen LogP contribution is 2.30. The first-order valence-electron chi connectivity index (χ1n) is 5.76. The number of benzene rings is 1. The van der Waals surface area contributed by atoms with Gasteiger partial charge >= 0.3 is 0 Å². The molecular weight excluding hydrogens is 301 g/mol. The molecule has 0 aliphatic carbocycles. The van der Waals surface area contributed by atoms with E-state index < -0.39 is 0 Å². The largest absolute Gasteiger partial charge is 0.334 e. The summed E-state index contributed by atoms with van der Waals surface area (Å²) >= 11 is 13.5. The van der Waals surface area contributed by atoms with Gasteiger partial charge in [0.05, 0.1) is 10.9 Å². The van der Waals surface area contributed by atoms with Crippen LogP contribution in [0.2, 0.25) is 10.0 Å². The van der Waals surface area contributed by atoms with E-state index in [0.717, 1.165) is 10.4 Å². The lowest BCUT2D eigenvalue weighted by atomic mass is 10.1. The maximum absolute atomic E-state index is 12.3. The van der Waals surface area contributed by atoms with Crippen LogP contribution in [0.3, 0.4) is 0 Å². The smallest absolute Gasteiger partial charge is 0.264 e. The first kappa shape index (κ1) is 14.4. The lowest BCUT2D eigenvalue weighted by Crippen LogP contribution is -2.29. The average molecular weight is 314 g/mol. The average Bonchev–Trinajstić information content (AvgIpc) is 2.90. The minimum absolute atomic E-state index is 0.00600. The van der Waals surface area contributed by atoms with E-state index in [2.05, 4.69) is 0 Å². The van der Waals surface area contributed by atoms with E-state index >= 15 is 0 Å². The molecule has 0 N–H and O–H groups in total. The zero-order valence-electron chi connectivity index (χ0n) is 10.6. The number of halogens is 2. The molecule has 0 bridgehead atoms. The van der Waals surface area contributed by atoms with Crippen LogP contribution in [-0.4, -0.2) is 17.9 Å². The molecule has 1 amide bonds. The molecule has 1 atom stereocenters. The molecule has 0 saturated heterocycles. The SMILES string of the molecule is CC(c1ccc(Cl)cc1Cl)N(C)C(=O)c1cccs1. The van der Waals surface area contributed by atoms with Gasteiger partial charge in [-0.3, -0.25) is 4.79 Å². The van der Waals surface area contributed by atoms with Gasteiger partial charge in [0.1, 0.15) is 0 Å². The topological polar surface area (TPSA) is 20.3 Å². The summed E-state index contributed by atoms with van der Waals surface area (Å²) in [6.45, 7) is 1.95. The van der Waals surface area contributed by atoms with Crippen LogP contribution in [0.1, 0.15) is 28.2 Å². The van der Waals surface area contributed by atoms with E-state index in [-0.39, 0.29) is 11.9 Å². The third kappa shape index (κ3) is 3.11. The van der Waals surface area contributed by atoms with Crippen molar-refractivity contribution in [1.29, 1.82) is 0 Å². The number of carbonyl (C=O) groups excluding carboxylic acids is 1. The first-order chi connectivity index (χ1) is 9.00. The molecule has 2 rings (SSSR count).